The maximum absolute atomic E-state index is 12.9. The van der Waals surface area contributed by atoms with Gasteiger partial charge in [-0.05, 0) is 31.0 Å². The first-order chi connectivity index (χ1) is 12.3. The number of fused-ring (bicyclic) bond motifs is 1. The van der Waals surface area contributed by atoms with E-state index in [0.29, 0.717) is 0 Å². The number of esters is 1. The topological polar surface area (TPSA) is 123 Å². The number of aliphatic hydroxyl groups is 1. The van der Waals surface area contributed by atoms with E-state index in [9.17, 15) is 24.9 Å². The van der Waals surface area contributed by atoms with Crippen molar-refractivity contribution in [1.29, 1.82) is 0 Å². The number of carbonyl (C=O) groups is 2. The Labute approximate surface area is 150 Å². The maximum atomic E-state index is 12.9. The third kappa shape index (κ3) is 2.40. The number of hydrogen-bond donors (Lipinski definition) is 3. The van der Waals surface area contributed by atoms with Crippen molar-refractivity contribution in [2.45, 2.75) is 31.7 Å². The van der Waals surface area contributed by atoms with Gasteiger partial charge in [-0.2, -0.15) is 0 Å². The summed E-state index contributed by atoms with van der Waals surface area (Å²) in [5, 5.41) is 30.2. The molecule has 3 N–H and O–H groups in total. The van der Waals surface area contributed by atoms with E-state index in [1.807, 2.05) is 0 Å². The Hall–Kier alpha value is -2.16. The van der Waals surface area contributed by atoms with Crippen molar-refractivity contribution in [2.75, 3.05) is 20.8 Å². The van der Waals surface area contributed by atoms with Gasteiger partial charge >= 0.3 is 5.97 Å². The summed E-state index contributed by atoms with van der Waals surface area (Å²) in [4.78, 5) is 25.5. The number of hydrogen-bond acceptors (Lipinski definition) is 8. The van der Waals surface area contributed by atoms with Gasteiger partial charge in [0, 0.05) is 20.6 Å². The Morgan fingerprint density at radius 1 is 1.35 bits per heavy atom. The molecule has 2 aliphatic rings. The van der Waals surface area contributed by atoms with Crippen molar-refractivity contribution >= 4 is 11.8 Å². The molecule has 0 radical (unpaired) electrons. The van der Waals surface area contributed by atoms with E-state index < -0.39 is 35.0 Å². The number of rotatable bonds is 6. The summed E-state index contributed by atoms with van der Waals surface area (Å²) in [7, 11) is 2.79. The minimum Gasteiger partial charge on any atom is -0.508 e. The number of aromatic hydroxyl groups is 2. The van der Waals surface area contributed by atoms with Gasteiger partial charge in [0.1, 0.15) is 18.1 Å². The van der Waals surface area contributed by atoms with Gasteiger partial charge in [-0.3, -0.25) is 9.59 Å². The quantitative estimate of drug-likeness (QED) is 0.295. The van der Waals surface area contributed by atoms with E-state index in [1.54, 1.807) is 0 Å². The Kier molecular flexibility index (Phi) is 4.68. The lowest BCUT2D eigenvalue weighted by Gasteiger charge is -2.41. The average molecular weight is 366 g/mol. The third-order valence-corrected chi connectivity index (χ3v) is 5.75. The van der Waals surface area contributed by atoms with Gasteiger partial charge in [-0.15, -0.1) is 0 Å². The number of phenolic OH excluding ortho intramolecular Hbond substituents is 2. The molecule has 1 aliphatic carbocycles. The van der Waals surface area contributed by atoms with Crippen LogP contribution in [-0.2, 0) is 19.0 Å². The summed E-state index contributed by atoms with van der Waals surface area (Å²) in [5.74, 6) is -1.61. The highest BCUT2D eigenvalue weighted by molar-refractivity contribution is 6.02. The second-order valence-corrected chi connectivity index (χ2v) is 6.86. The minimum absolute atomic E-state index is 0.0965. The minimum atomic E-state index is -1.34. The van der Waals surface area contributed by atoms with Crippen LogP contribution in [0.5, 0.6) is 11.5 Å². The maximum Gasteiger partial charge on any atom is 0.313 e. The van der Waals surface area contributed by atoms with Gasteiger partial charge < -0.3 is 29.5 Å². The highest BCUT2D eigenvalue weighted by atomic mass is 16.7. The molecule has 1 saturated heterocycles. The van der Waals surface area contributed by atoms with Crippen LogP contribution in [0.3, 0.4) is 0 Å². The molecule has 0 unspecified atom stereocenters. The predicted molar refractivity (Wildman–Crippen MR) is 87.6 cm³/mol. The van der Waals surface area contributed by atoms with E-state index >= 15 is 0 Å². The fourth-order valence-corrected chi connectivity index (χ4v) is 4.45. The molecule has 8 heteroatoms. The number of ketones is 1. The SMILES string of the molecule is COC(OC)[C@]12COC(=O)[C@@]1(CC(=O)c1cc(O)ccc1O)CC[C@H]2O. The van der Waals surface area contributed by atoms with Crippen molar-refractivity contribution in [3.63, 3.8) is 0 Å². The molecule has 3 atom stereocenters. The molecule has 142 valence electrons. The predicted octanol–water partition coefficient (Wildman–Crippen LogP) is 0.974. The van der Waals surface area contributed by atoms with Crippen LogP contribution in [0.4, 0.5) is 0 Å². The molecule has 0 amide bonds. The van der Waals surface area contributed by atoms with Gasteiger partial charge in [0.15, 0.2) is 12.1 Å². The normalized spacial score (nSPS) is 30.5. The molecule has 26 heavy (non-hydrogen) atoms. The van der Waals surface area contributed by atoms with Crippen molar-refractivity contribution in [2.24, 2.45) is 10.8 Å². The molecule has 1 aromatic rings. The summed E-state index contributed by atoms with van der Waals surface area (Å²) in [5.41, 5.74) is -2.66. The molecule has 2 fully saturated rings. The van der Waals surface area contributed by atoms with Crippen molar-refractivity contribution in [1.82, 2.24) is 0 Å². The summed E-state index contributed by atoms with van der Waals surface area (Å²) >= 11 is 0. The Balaban J connectivity index is 2.04. The van der Waals surface area contributed by atoms with E-state index in [2.05, 4.69) is 0 Å². The summed E-state index contributed by atoms with van der Waals surface area (Å²) in [6.07, 6.45) is -1.69. The highest BCUT2D eigenvalue weighted by Gasteiger charge is 2.73. The molecule has 3 rings (SSSR count). The smallest absolute Gasteiger partial charge is 0.313 e. The second kappa shape index (κ2) is 6.53. The zero-order chi connectivity index (χ0) is 19.1. The lowest BCUT2D eigenvalue weighted by molar-refractivity contribution is -0.224. The van der Waals surface area contributed by atoms with Crippen LogP contribution in [0.15, 0.2) is 18.2 Å². The lowest BCUT2D eigenvalue weighted by atomic mass is 9.63. The summed E-state index contributed by atoms with van der Waals surface area (Å²) < 4.78 is 15.9. The van der Waals surface area contributed by atoms with Gasteiger partial charge in [0.05, 0.1) is 22.5 Å². The number of carbonyl (C=O) groups excluding carboxylic acids is 2. The summed E-state index contributed by atoms with van der Waals surface area (Å²) in [6.45, 7) is -0.126. The monoisotopic (exact) mass is 366 g/mol. The van der Waals surface area contributed by atoms with E-state index in [0.717, 1.165) is 6.07 Å². The van der Waals surface area contributed by atoms with Gasteiger partial charge in [0.25, 0.3) is 0 Å². The molecule has 1 saturated carbocycles. The number of methoxy groups -OCH3 is 2. The van der Waals surface area contributed by atoms with Gasteiger partial charge in [-0.25, -0.2) is 0 Å². The van der Waals surface area contributed by atoms with Crippen molar-refractivity contribution in [3.05, 3.63) is 23.8 Å². The van der Waals surface area contributed by atoms with Crippen molar-refractivity contribution in [3.8, 4) is 11.5 Å². The number of Topliss-reactive ketones (excluding diaryl/α,β-unsaturated/α-hetero) is 1. The van der Waals surface area contributed by atoms with Crippen LogP contribution in [-0.4, -0.2) is 60.3 Å². The first kappa shape index (κ1) is 18.6. The summed E-state index contributed by atoms with van der Waals surface area (Å²) in [6, 6.07) is 3.60. The molecule has 0 spiro atoms. The fraction of sp³-hybridized carbons (Fsp3) is 0.556. The number of phenols is 2. The van der Waals surface area contributed by atoms with Crippen LogP contribution >= 0.6 is 0 Å². The molecule has 1 heterocycles. The van der Waals surface area contributed by atoms with E-state index in [4.69, 9.17) is 14.2 Å². The first-order valence-corrected chi connectivity index (χ1v) is 8.28. The number of ether oxygens (including phenoxy) is 3. The van der Waals surface area contributed by atoms with E-state index in [-0.39, 0.29) is 42.9 Å². The zero-order valence-electron chi connectivity index (χ0n) is 14.6. The first-order valence-electron chi connectivity index (χ1n) is 8.28. The molecular formula is C18H22O8. The molecule has 1 aliphatic heterocycles. The second-order valence-electron chi connectivity index (χ2n) is 6.86. The zero-order valence-corrected chi connectivity index (χ0v) is 14.6. The van der Waals surface area contributed by atoms with Crippen LogP contribution in [0, 0.1) is 10.8 Å². The number of cyclic esters (lactones) is 1. The molecule has 1 aromatic carbocycles. The largest absolute Gasteiger partial charge is 0.508 e. The standard InChI is InChI=1S/C18H22O8/c1-24-16(25-2)18-9-26-15(23)17(18,6-5-14(18)22)8-13(21)11-7-10(19)3-4-12(11)20/h3-4,7,14,16,19-20,22H,5-6,8-9H2,1-2H3/t14-,17+,18-/m1/s1. The number of benzene rings is 1. The average Bonchev–Trinajstić information content (AvgIpc) is 3.05. The molecule has 0 bridgehead atoms. The Morgan fingerprint density at radius 3 is 2.69 bits per heavy atom. The third-order valence-electron chi connectivity index (χ3n) is 5.75. The molecule has 0 aromatic heterocycles. The Morgan fingerprint density at radius 2 is 2.04 bits per heavy atom. The highest BCUT2D eigenvalue weighted by Crippen LogP contribution is 2.62. The van der Waals surface area contributed by atoms with Crippen LogP contribution < -0.4 is 0 Å². The van der Waals surface area contributed by atoms with Gasteiger partial charge in [0.2, 0.25) is 0 Å². The van der Waals surface area contributed by atoms with E-state index in [1.165, 1.54) is 26.4 Å². The van der Waals surface area contributed by atoms with Crippen molar-refractivity contribution < 1.29 is 39.1 Å². The van der Waals surface area contributed by atoms with Gasteiger partial charge in [-0.1, -0.05) is 0 Å². The van der Waals surface area contributed by atoms with Crippen LogP contribution in [0.2, 0.25) is 0 Å². The fourth-order valence-electron chi connectivity index (χ4n) is 4.45. The lowest BCUT2D eigenvalue weighted by Crippen LogP contribution is -2.54. The van der Waals surface area contributed by atoms with Crippen LogP contribution in [0.1, 0.15) is 29.6 Å². The molecule has 8 nitrogen and oxygen atoms in total. The van der Waals surface area contributed by atoms with Crippen LogP contribution in [0.25, 0.3) is 0 Å². The Bertz CT molecular complexity index is 728. The number of aliphatic hydroxyl groups excluding tert-OH is 1. The molecular weight excluding hydrogens is 344 g/mol.